The first-order valence-corrected chi connectivity index (χ1v) is 6.15. The fourth-order valence-corrected chi connectivity index (χ4v) is 3.02. The number of rotatable bonds is 0. The number of imidazole rings is 1. The van der Waals surface area contributed by atoms with Crippen molar-refractivity contribution in [1.82, 2.24) is 9.97 Å². The zero-order valence-corrected chi connectivity index (χ0v) is 11.8. The van der Waals surface area contributed by atoms with Crippen LogP contribution in [0.3, 0.4) is 0 Å². The highest BCUT2D eigenvalue weighted by atomic mass is 79.9. The summed E-state index contributed by atoms with van der Waals surface area (Å²) in [5.41, 5.74) is 2.38. The average Bonchev–Trinajstić information content (AvgIpc) is 2.54. The Hall–Kier alpha value is -0.0700. The summed E-state index contributed by atoms with van der Waals surface area (Å²) in [5, 5.41) is 0. The van der Waals surface area contributed by atoms with E-state index in [2.05, 4.69) is 57.8 Å². The van der Waals surface area contributed by atoms with Crippen LogP contribution in [0.5, 0.6) is 0 Å². The maximum atomic E-state index is 11.1. The second kappa shape index (κ2) is 3.50. The van der Waals surface area contributed by atoms with Crippen LogP contribution < -0.4 is 5.69 Å². The van der Waals surface area contributed by atoms with E-state index in [9.17, 15) is 4.79 Å². The lowest BCUT2D eigenvalue weighted by Gasteiger charge is -2.05. The molecule has 1 aromatic carbocycles. The van der Waals surface area contributed by atoms with Gasteiger partial charge in [0.05, 0.1) is 15.5 Å². The number of fused-ring (bicyclic) bond motifs is 1. The molecule has 2 N–H and O–H groups in total. The molecule has 0 aliphatic heterocycles. The molecule has 0 aliphatic rings. The Labute approximate surface area is 105 Å². The molecular weight excluding hydrogens is 380 g/mol. The van der Waals surface area contributed by atoms with Crippen molar-refractivity contribution in [3.63, 3.8) is 0 Å². The lowest BCUT2D eigenvalue weighted by molar-refractivity contribution is 1.21. The minimum atomic E-state index is -0.209. The monoisotopic (exact) mass is 382 g/mol. The van der Waals surface area contributed by atoms with Gasteiger partial charge in [-0.3, -0.25) is 0 Å². The van der Waals surface area contributed by atoms with Crippen LogP contribution in [0, 0.1) is 6.92 Å². The third-order valence-electron chi connectivity index (χ3n) is 2.02. The molecule has 0 bridgehead atoms. The van der Waals surface area contributed by atoms with Crippen molar-refractivity contribution < 1.29 is 0 Å². The number of hydrogen-bond acceptors (Lipinski definition) is 1. The van der Waals surface area contributed by atoms with Gasteiger partial charge in [-0.1, -0.05) is 0 Å². The van der Waals surface area contributed by atoms with E-state index < -0.39 is 0 Å². The number of hydrogen-bond donors (Lipinski definition) is 2. The Morgan fingerprint density at radius 3 is 2.00 bits per heavy atom. The smallest absolute Gasteiger partial charge is 0.305 e. The number of benzene rings is 1. The first kappa shape index (κ1) is 10.4. The first-order valence-electron chi connectivity index (χ1n) is 3.77. The van der Waals surface area contributed by atoms with Gasteiger partial charge in [0.25, 0.3) is 0 Å². The largest absolute Gasteiger partial charge is 0.323 e. The second-order valence-electron chi connectivity index (χ2n) is 2.90. The SMILES string of the molecule is Cc1c(Br)c(Br)c2[nH]c(=O)[nH]c2c1Br. The minimum absolute atomic E-state index is 0.209. The van der Waals surface area contributed by atoms with E-state index in [-0.39, 0.29) is 5.69 Å². The molecule has 0 spiro atoms. The van der Waals surface area contributed by atoms with Crippen molar-refractivity contribution >= 4 is 58.8 Å². The molecule has 6 heteroatoms. The van der Waals surface area contributed by atoms with Crippen LogP contribution in [0.15, 0.2) is 18.2 Å². The Kier molecular flexibility index (Phi) is 2.61. The van der Waals surface area contributed by atoms with Crippen LogP contribution in [0.4, 0.5) is 0 Å². The normalized spacial score (nSPS) is 11.1. The number of aromatic amines is 2. The lowest BCUT2D eigenvalue weighted by atomic mass is 10.2. The summed E-state index contributed by atoms with van der Waals surface area (Å²) in [6.45, 7) is 1.96. The molecule has 1 aromatic heterocycles. The Balaban J connectivity index is 3.08. The molecule has 0 fully saturated rings. The van der Waals surface area contributed by atoms with Gasteiger partial charge < -0.3 is 9.97 Å². The molecule has 1 heterocycles. The number of aromatic nitrogens is 2. The van der Waals surface area contributed by atoms with Crippen LogP contribution in [0.1, 0.15) is 5.56 Å². The topological polar surface area (TPSA) is 48.6 Å². The summed E-state index contributed by atoms with van der Waals surface area (Å²) in [4.78, 5) is 16.6. The van der Waals surface area contributed by atoms with Crippen LogP contribution in [0.2, 0.25) is 0 Å². The summed E-state index contributed by atoms with van der Waals surface area (Å²) < 4.78 is 2.68. The van der Waals surface area contributed by atoms with Gasteiger partial charge in [0.15, 0.2) is 0 Å². The minimum Gasteiger partial charge on any atom is -0.305 e. The summed E-state index contributed by atoms with van der Waals surface area (Å²) >= 11 is 10.3. The van der Waals surface area contributed by atoms with Gasteiger partial charge in [-0.2, -0.15) is 0 Å². The van der Waals surface area contributed by atoms with Gasteiger partial charge in [-0.05, 0) is 60.3 Å². The van der Waals surface area contributed by atoms with Crippen molar-refractivity contribution in [3.8, 4) is 0 Å². The third-order valence-corrected chi connectivity index (χ3v) is 5.32. The standard InChI is InChI=1S/C8H5Br3N2O/c1-2-3(9)5(11)7-6(4(2)10)12-8(14)13-7/h1H3,(H2,12,13,14). The van der Waals surface area contributed by atoms with Gasteiger partial charge in [0.2, 0.25) is 0 Å². The van der Waals surface area contributed by atoms with Gasteiger partial charge >= 0.3 is 5.69 Å². The number of halogens is 3. The molecule has 0 amide bonds. The summed E-state index contributed by atoms with van der Waals surface area (Å²) in [7, 11) is 0. The van der Waals surface area contributed by atoms with E-state index in [0.29, 0.717) is 0 Å². The predicted octanol–water partition coefficient (Wildman–Crippen LogP) is 3.45. The molecule has 2 aromatic rings. The zero-order chi connectivity index (χ0) is 10.5. The molecule has 0 unspecified atom stereocenters. The summed E-state index contributed by atoms with van der Waals surface area (Å²) in [5.74, 6) is 0. The highest BCUT2D eigenvalue weighted by Crippen LogP contribution is 2.37. The molecule has 74 valence electrons. The van der Waals surface area contributed by atoms with Crippen molar-refractivity contribution in [1.29, 1.82) is 0 Å². The van der Waals surface area contributed by atoms with E-state index in [1.165, 1.54) is 0 Å². The number of H-pyrrole nitrogens is 2. The first-order chi connectivity index (χ1) is 6.52. The van der Waals surface area contributed by atoms with E-state index >= 15 is 0 Å². The highest BCUT2D eigenvalue weighted by Gasteiger charge is 2.14. The quantitative estimate of drug-likeness (QED) is 0.671. The Morgan fingerprint density at radius 2 is 1.43 bits per heavy atom. The van der Waals surface area contributed by atoms with E-state index in [4.69, 9.17) is 0 Å². The second-order valence-corrected chi connectivity index (χ2v) is 5.28. The molecule has 2 rings (SSSR count). The predicted molar refractivity (Wildman–Crippen MR) is 66.8 cm³/mol. The van der Waals surface area contributed by atoms with Gasteiger partial charge in [0.1, 0.15) is 0 Å². The van der Waals surface area contributed by atoms with E-state index in [1.807, 2.05) is 6.92 Å². The highest BCUT2D eigenvalue weighted by molar-refractivity contribution is 9.13. The van der Waals surface area contributed by atoms with Gasteiger partial charge in [-0.25, -0.2) is 4.79 Å². The Bertz CT molecular complexity index is 522. The summed E-state index contributed by atoms with van der Waals surface area (Å²) in [6.07, 6.45) is 0. The molecule has 0 aliphatic carbocycles. The fourth-order valence-electron chi connectivity index (χ4n) is 1.27. The van der Waals surface area contributed by atoms with E-state index in [0.717, 1.165) is 30.0 Å². The molecular formula is C8H5Br3N2O. The van der Waals surface area contributed by atoms with E-state index in [1.54, 1.807) is 0 Å². The molecule has 0 saturated heterocycles. The van der Waals surface area contributed by atoms with Crippen molar-refractivity contribution in [2.45, 2.75) is 6.92 Å². The average molecular weight is 385 g/mol. The molecule has 14 heavy (non-hydrogen) atoms. The maximum absolute atomic E-state index is 11.1. The molecule has 0 radical (unpaired) electrons. The van der Waals surface area contributed by atoms with Crippen molar-refractivity contribution in [3.05, 3.63) is 29.5 Å². The fraction of sp³-hybridized carbons (Fsp3) is 0.125. The number of nitrogens with one attached hydrogen (secondary N) is 2. The molecule has 0 saturated carbocycles. The maximum Gasteiger partial charge on any atom is 0.323 e. The van der Waals surface area contributed by atoms with Crippen molar-refractivity contribution in [2.75, 3.05) is 0 Å². The van der Waals surface area contributed by atoms with Crippen LogP contribution in [-0.2, 0) is 0 Å². The van der Waals surface area contributed by atoms with Crippen LogP contribution in [0.25, 0.3) is 11.0 Å². The summed E-state index contributed by atoms with van der Waals surface area (Å²) in [6, 6.07) is 0. The van der Waals surface area contributed by atoms with Crippen molar-refractivity contribution in [2.24, 2.45) is 0 Å². The molecule has 0 atom stereocenters. The zero-order valence-electron chi connectivity index (χ0n) is 7.04. The molecule has 3 nitrogen and oxygen atoms in total. The van der Waals surface area contributed by atoms with Crippen LogP contribution >= 0.6 is 47.8 Å². The Morgan fingerprint density at radius 1 is 0.929 bits per heavy atom. The van der Waals surface area contributed by atoms with Gasteiger partial charge in [-0.15, -0.1) is 0 Å². The van der Waals surface area contributed by atoms with Gasteiger partial charge in [0, 0.05) is 8.95 Å². The van der Waals surface area contributed by atoms with Crippen LogP contribution in [-0.4, -0.2) is 9.97 Å². The lowest BCUT2D eigenvalue weighted by Crippen LogP contribution is -1.99. The third kappa shape index (κ3) is 1.40.